The van der Waals surface area contributed by atoms with Gasteiger partial charge < -0.3 is 16.2 Å². The maximum Gasteiger partial charge on any atom is 0.251 e. The molecule has 0 radical (unpaired) electrons. The Morgan fingerprint density at radius 1 is 0.875 bits per heavy atom. The van der Waals surface area contributed by atoms with Crippen molar-refractivity contribution in [1.82, 2.24) is 5.32 Å². The van der Waals surface area contributed by atoms with Gasteiger partial charge >= 0.3 is 0 Å². The molecular formula is C27H24N2O3. The van der Waals surface area contributed by atoms with E-state index < -0.39 is 11.9 Å². The van der Waals surface area contributed by atoms with Gasteiger partial charge in [0.05, 0.1) is 18.2 Å². The lowest BCUT2D eigenvalue weighted by molar-refractivity contribution is 0.0916. The van der Waals surface area contributed by atoms with Crippen LogP contribution in [0.3, 0.4) is 0 Å². The van der Waals surface area contributed by atoms with E-state index in [1.165, 1.54) is 0 Å². The zero-order valence-corrected chi connectivity index (χ0v) is 17.5. The van der Waals surface area contributed by atoms with Gasteiger partial charge in [-0.05, 0) is 46.0 Å². The molecule has 4 rings (SSSR count). The Hall–Kier alpha value is -3.96. The molecule has 4 aromatic rings. The first-order valence-electron chi connectivity index (χ1n) is 10.4. The predicted octanol–water partition coefficient (Wildman–Crippen LogP) is 3.94. The maximum atomic E-state index is 12.9. The van der Waals surface area contributed by atoms with Crippen LogP contribution in [0.5, 0.6) is 0 Å². The first kappa shape index (κ1) is 21.3. The number of hydrogen-bond acceptors (Lipinski definition) is 3. The Bertz CT molecular complexity index is 1270. The fourth-order valence-corrected chi connectivity index (χ4v) is 3.93. The Morgan fingerprint density at radius 2 is 1.62 bits per heavy atom. The largest absolute Gasteiger partial charge is 0.394 e. The summed E-state index contributed by atoms with van der Waals surface area (Å²) >= 11 is 0. The second-order valence-electron chi connectivity index (χ2n) is 7.70. The van der Waals surface area contributed by atoms with Gasteiger partial charge in [-0.1, -0.05) is 78.9 Å². The fraction of sp³-hybridized carbons (Fsp3) is 0.111. The lowest BCUT2D eigenvalue weighted by Gasteiger charge is -2.17. The van der Waals surface area contributed by atoms with Gasteiger partial charge in [0.25, 0.3) is 5.91 Å². The number of nitrogens with two attached hydrogens (primary N) is 1. The number of carbonyl (C=O) groups is 2. The van der Waals surface area contributed by atoms with Crippen molar-refractivity contribution in [3.05, 3.63) is 108 Å². The van der Waals surface area contributed by atoms with Gasteiger partial charge in [-0.15, -0.1) is 0 Å². The van der Waals surface area contributed by atoms with Crippen molar-refractivity contribution in [3.63, 3.8) is 0 Å². The molecule has 0 aliphatic heterocycles. The quantitative estimate of drug-likeness (QED) is 0.420. The van der Waals surface area contributed by atoms with E-state index in [4.69, 9.17) is 5.73 Å². The highest BCUT2D eigenvalue weighted by atomic mass is 16.3. The molecule has 0 aromatic heterocycles. The van der Waals surface area contributed by atoms with Crippen LogP contribution in [0.25, 0.3) is 21.9 Å². The molecule has 0 aliphatic rings. The highest BCUT2D eigenvalue weighted by Crippen LogP contribution is 2.30. The molecule has 0 aliphatic carbocycles. The monoisotopic (exact) mass is 424 g/mol. The Labute approximate surface area is 186 Å². The average Bonchev–Trinajstić information content (AvgIpc) is 2.83. The minimum Gasteiger partial charge on any atom is -0.394 e. The van der Waals surface area contributed by atoms with E-state index in [0.29, 0.717) is 23.1 Å². The van der Waals surface area contributed by atoms with Gasteiger partial charge in [0.15, 0.2) is 0 Å². The minimum absolute atomic E-state index is 0.170. The van der Waals surface area contributed by atoms with Crippen LogP contribution in [-0.4, -0.2) is 29.6 Å². The maximum absolute atomic E-state index is 12.9. The molecule has 0 fully saturated rings. The standard InChI is InChI=1S/C27H24N2O3/c28-26(31)25-23-12-5-4-9-19(23)13-14-24(25)20-10-6-11-21(16-20)27(32)29-22(17-30)15-18-7-2-1-3-8-18/h1-14,16,22,30H,15,17H2,(H2,28,31)(H,29,32). The van der Waals surface area contributed by atoms with Crippen molar-refractivity contribution in [3.8, 4) is 11.1 Å². The third-order valence-corrected chi connectivity index (χ3v) is 5.49. The van der Waals surface area contributed by atoms with E-state index in [1.54, 1.807) is 18.2 Å². The zero-order chi connectivity index (χ0) is 22.5. The molecule has 1 atom stereocenters. The summed E-state index contributed by atoms with van der Waals surface area (Å²) < 4.78 is 0. The lowest BCUT2D eigenvalue weighted by Crippen LogP contribution is -2.39. The summed E-state index contributed by atoms with van der Waals surface area (Å²) in [5.74, 6) is -0.807. The molecule has 32 heavy (non-hydrogen) atoms. The summed E-state index contributed by atoms with van der Waals surface area (Å²) in [6.07, 6.45) is 0.527. The summed E-state index contributed by atoms with van der Waals surface area (Å²) in [5, 5.41) is 14.3. The molecule has 0 heterocycles. The number of nitrogens with one attached hydrogen (secondary N) is 1. The summed E-state index contributed by atoms with van der Waals surface area (Å²) in [6.45, 7) is -0.170. The Balaban J connectivity index is 1.63. The normalized spacial score (nSPS) is 11.8. The number of primary amides is 1. The first-order chi connectivity index (χ1) is 15.6. The molecule has 0 saturated carbocycles. The first-order valence-corrected chi connectivity index (χ1v) is 10.4. The number of rotatable bonds is 7. The molecule has 0 saturated heterocycles. The Morgan fingerprint density at radius 3 is 2.38 bits per heavy atom. The average molecular weight is 425 g/mol. The number of amides is 2. The number of aliphatic hydroxyl groups excluding tert-OH is 1. The van der Waals surface area contributed by atoms with Crippen LogP contribution in [0.1, 0.15) is 26.3 Å². The highest BCUT2D eigenvalue weighted by molar-refractivity contribution is 6.12. The van der Waals surface area contributed by atoms with Crippen LogP contribution < -0.4 is 11.1 Å². The molecule has 0 bridgehead atoms. The molecule has 4 aromatic carbocycles. The number of carbonyl (C=O) groups excluding carboxylic acids is 2. The molecule has 0 spiro atoms. The second kappa shape index (κ2) is 9.45. The number of hydrogen-bond donors (Lipinski definition) is 3. The van der Waals surface area contributed by atoms with Crippen molar-refractivity contribution < 1.29 is 14.7 Å². The van der Waals surface area contributed by atoms with Crippen LogP contribution in [-0.2, 0) is 6.42 Å². The SMILES string of the molecule is NC(=O)c1c(-c2cccc(C(=O)NC(CO)Cc3ccccc3)c2)ccc2ccccc12. The van der Waals surface area contributed by atoms with Crippen molar-refractivity contribution >= 4 is 22.6 Å². The third kappa shape index (κ3) is 4.53. The van der Waals surface area contributed by atoms with E-state index in [9.17, 15) is 14.7 Å². The van der Waals surface area contributed by atoms with E-state index in [1.807, 2.05) is 72.8 Å². The second-order valence-corrected chi connectivity index (χ2v) is 7.70. The van der Waals surface area contributed by atoms with Gasteiger partial charge in [-0.3, -0.25) is 9.59 Å². The van der Waals surface area contributed by atoms with Crippen LogP contribution in [0.2, 0.25) is 0 Å². The molecule has 5 heteroatoms. The van der Waals surface area contributed by atoms with Crippen LogP contribution in [0.15, 0.2) is 91.0 Å². The summed E-state index contributed by atoms with van der Waals surface area (Å²) in [7, 11) is 0. The summed E-state index contributed by atoms with van der Waals surface area (Å²) in [6, 6.07) is 27.7. The number of aliphatic hydroxyl groups is 1. The van der Waals surface area contributed by atoms with Gasteiger partial charge in [0.2, 0.25) is 5.91 Å². The van der Waals surface area contributed by atoms with Gasteiger partial charge in [-0.2, -0.15) is 0 Å². The summed E-state index contributed by atoms with van der Waals surface area (Å²) in [4.78, 5) is 25.2. The van der Waals surface area contributed by atoms with E-state index >= 15 is 0 Å². The third-order valence-electron chi connectivity index (χ3n) is 5.49. The van der Waals surface area contributed by atoms with Crippen LogP contribution in [0.4, 0.5) is 0 Å². The van der Waals surface area contributed by atoms with Crippen LogP contribution in [0, 0.1) is 0 Å². The molecule has 2 amide bonds. The van der Waals surface area contributed by atoms with Gasteiger partial charge in [-0.25, -0.2) is 0 Å². The van der Waals surface area contributed by atoms with E-state index in [0.717, 1.165) is 21.9 Å². The van der Waals surface area contributed by atoms with Crippen molar-refractivity contribution in [2.75, 3.05) is 6.61 Å². The molecule has 4 N–H and O–H groups in total. The zero-order valence-electron chi connectivity index (χ0n) is 17.5. The van der Waals surface area contributed by atoms with Crippen molar-refractivity contribution in [2.24, 2.45) is 5.73 Å². The number of benzene rings is 4. The topological polar surface area (TPSA) is 92.4 Å². The summed E-state index contributed by atoms with van der Waals surface area (Å²) in [5.41, 5.74) is 9.03. The predicted molar refractivity (Wildman–Crippen MR) is 126 cm³/mol. The lowest BCUT2D eigenvalue weighted by atomic mass is 9.93. The van der Waals surface area contributed by atoms with Crippen molar-refractivity contribution in [1.29, 1.82) is 0 Å². The smallest absolute Gasteiger partial charge is 0.251 e. The fourth-order valence-electron chi connectivity index (χ4n) is 3.93. The number of fused-ring (bicyclic) bond motifs is 1. The molecule has 5 nitrogen and oxygen atoms in total. The van der Waals surface area contributed by atoms with Crippen LogP contribution >= 0.6 is 0 Å². The molecule has 1 unspecified atom stereocenters. The molecule has 160 valence electrons. The Kier molecular flexibility index (Phi) is 6.29. The van der Waals surface area contributed by atoms with E-state index in [2.05, 4.69) is 5.32 Å². The van der Waals surface area contributed by atoms with Gasteiger partial charge in [0, 0.05) is 5.56 Å². The van der Waals surface area contributed by atoms with Crippen molar-refractivity contribution in [2.45, 2.75) is 12.5 Å². The highest BCUT2D eigenvalue weighted by Gasteiger charge is 2.17. The van der Waals surface area contributed by atoms with Gasteiger partial charge in [0.1, 0.15) is 0 Å². The van der Waals surface area contributed by atoms with E-state index in [-0.39, 0.29) is 12.5 Å². The molecular weight excluding hydrogens is 400 g/mol. The minimum atomic E-state index is -0.519.